The number of halogens is 1. The van der Waals surface area contributed by atoms with Crippen LogP contribution in [0.3, 0.4) is 0 Å². The highest BCUT2D eigenvalue weighted by Gasteiger charge is 2.56. The Bertz CT molecular complexity index is 1370. The summed E-state index contributed by atoms with van der Waals surface area (Å²) in [5, 5.41) is 1.31. The minimum atomic E-state index is -0.220. The first kappa shape index (κ1) is 22.2. The molecular weight excluding hydrogens is 455 g/mol. The molecule has 36 heavy (non-hydrogen) atoms. The van der Waals surface area contributed by atoms with E-state index in [1.165, 1.54) is 40.4 Å². The molecule has 186 valence electrons. The minimum Gasteiger partial charge on any atom is -0.469 e. The number of aromatic nitrogens is 1. The highest BCUT2D eigenvalue weighted by molar-refractivity contribution is 5.96. The summed E-state index contributed by atoms with van der Waals surface area (Å²) >= 11 is 0. The normalized spacial score (nSPS) is 27.2. The molecule has 1 saturated heterocycles. The van der Waals surface area contributed by atoms with Gasteiger partial charge in [-0.05, 0) is 103 Å². The first-order valence-corrected chi connectivity index (χ1v) is 13.2. The van der Waals surface area contributed by atoms with E-state index in [1.807, 2.05) is 18.3 Å². The van der Waals surface area contributed by atoms with Gasteiger partial charge in [0.1, 0.15) is 5.82 Å². The molecule has 3 heterocycles. The van der Waals surface area contributed by atoms with Crippen LogP contribution in [0, 0.1) is 17.2 Å². The zero-order valence-electron chi connectivity index (χ0n) is 20.6. The fraction of sp³-hybridized carbons (Fsp3) is 0.467. The molecule has 1 spiro atoms. The first-order valence-electron chi connectivity index (χ1n) is 13.2. The number of esters is 1. The number of methoxy groups -OCH3 is 1. The number of ether oxygens (including phenoxy) is 2. The summed E-state index contributed by atoms with van der Waals surface area (Å²) in [5.41, 5.74) is 7.77. The summed E-state index contributed by atoms with van der Waals surface area (Å²) < 4.78 is 27.1. The van der Waals surface area contributed by atoms with Crippen LogP contribution >= 0.6 is 0 Å². The maximum absolute atomic E-state index is 13.9. The summed E-state index contributed by atoms with van der Waals surface area (Å²) in [6.07, 6.45) is 8.09. The number of hydrogen-bond acceptors (Lipinski definition) is 4. The predicted molar refractivity (Wildman–Crippen MR) is 136 cm³/mol. The second-order valence-electron chi connectivity index (χ2n) is 11.3. The van der Waals surface area contributed by atoms with Crippen LogP contribution in [0.2, 0.25) is 0 Å². The molecule has 0 bridgehead atoms. The second-order valence-corrected chi connectivity index (χ2v) is 11.3. The highest BCUT2D eigenvalue weighted by Crippen LogP contribution is 2.65. The molecule has 7 rings (SSSR count). The van der Waals surface area contributed by atoms with Gasteiger partial charge in [-0.2, -0.15) is 0 Å². The average Bonchev–Trinajstić information content (AvgIpc) is 3.44. The summed E-state index contributed by atoms with van der Waals surface area (Å²) in [5.74, 6) is 0.644. The van der Waals surface area contributed by atoms with Crippen LogP contribution in [0.4, 0.5) is 4.39 Å². The Balaban J connectivity index is 1.37. The van der Waals surface area contributed by atoms with Crippen LogP contribution in [-0.2, 0) is 20.8 Å². The van der Waals surface area contributed by atoms with Crippen molar-refractivity contribution in [2.24, 2.45) is 16.3 Å². The third kappa shape index (κ3) is 3.37. The lowest BCUT2D eigenvalue weighted by Crippen LogP contribution is -2.49. The van der Waals surface area contributed by atoms with Crippen LogP contribution in [0.15, 0.2) is 41.4 Å². The van der Waals surface area contributed by atoms with Gasteiger partial charge in [-0.1, -0.05) is 0 Å². The maximum atomic E-state index is 13.9. The largest absolute Gasteiger partial charge is 0.469 e. The molecule has 3 aromatic rings. The van der Waals surface area contributed by atoms with E-state index in [-0.39, 0.29) is 23.1 Å². The quantitative estimate of drug-likeness (QED) is 0.422. The van der Waals surface area contributed by atoms with Crippen molar-refractivity contribution in [3.8, 4) is 5.69 Å². The summed E-state index contributed by atoms with van der Waals surface area (Å²) in [4.78, 5) is 16.5. The van der Waals surface area contributed by atoms with Gasteiger partial charge in [-0.15, -0.1) is 0 Å². The summed E-state index contributed by atoms with van der Waals surface area (Å²) in [6, 6.07) is 11.6. The van der Waals surface area contributed by atoms with Gasteiger partial charge in [0.25, 0.3) is 0 Å². The lowest BCUT2D eigenvalue weighted by atomic mass is 9.47. The molecule has 5 nitrogen and oxygen atoms in total. The Kier molecular flexibility index (Phi) is 5.11. The van der Waals surface area contributed by atoms with Gasteiger partial charge in [0, 0.05) is 42.1 Å². The van der Waals surface area contributed by atoms with E-state index in [2.05, 4.69) is 21.7 Å². The monoisotopic (exact) mass is 486 g/mol. The maximum Gasteiger partial charge on any atom is 0.308 e. The van der Waals surface area contributed by atoms with E-state index in [9.17, 15) is 9.18 Å². The molecule has 0 unspecified atom stereocenters. The van der Waals surface area contributed by atoms with Crippen molar-refractivity contribution in [1.82, 2.24) is 4.57 Å². The number of aliphatic imine (C=N–C) groups is 1. The van der Waals surface area contributed by atoms with Crippen molar-refractivity contribution in [1.29, 1.82) is 0 Å². The predicted octanol–water partition coefficient (Wildman–Crippen LogP) is 6.04. The van der Waals surface area contributed by atoms with Crippen molar-refractivity contribution in [2.75, 3.05) is 20.3 Å². The number of nitrogens with zero attached hydrogens (tertiary/aromatic N) is 2. The Hall–Kier alpha value is -2.99. The molecule has 4 aliphatic rings. The average molecular weight is 487 g/mol. The van der Waals surface area contributed by atoms with Crippen LogP contribution in [0.5, 0.6) is 0 Å². The topological polar surface area (TPSA) is 52.8 Å². The van der Waals surface area contributed by atoms with E-state index in [0.29, 0.717) is 11.8 Å². The molecule has 0 N–H and O–H groups in total. The number of carbonyl (C=O) groups excluding carboxylic acids is 1. The molecule has 1 aromatic heterocycles. The Labute approximate surface area is 210 Å². The number of fused-ring (bicyclic) bond motifs is 2. The molecule has 2 aliphatic carbocycles. The van der Waals surface area contributed by atoms with E-state index in [0.717, 1.165) is 64.0 Å². The molecule has 0 amide bonds. The molecular formula is C30H31FN2O3. The number of carbonyl (C=O) groups is 1. The zero-order chi connectivity index (χ0) is 24.4. The van der Waals surface area contributed by atoms with E-state index in [1.54, 1.807) is 12.1 Å². The van der Waals surface area contributed by atoms with Crippen molar-refractivity contribution in [2.45, 2.75) is 56.9 Å². The van der Waals surface area contributed by atoms with Crippen molar-refractivity contribution < 1.29 is 18.7 Å². The molecule has 3 fully saturated rings. The molecule has 0 radical (unpaired) electrons. The van der Waals surface area contributed by atoms with Gasteiger partial charge < -0.3 is 14.0 Å². The fourth-order valence-corrected chi connectivity index (χ4v) is 7.45. The Morgan fingerprint density at radius 1 is 1.08 bits per heavy atom. The van der Waals surface area contributed by atoms with Gasteiger partial charge in [0.2, 0.25) is 0 Å². The third-order valence-corrected chi connectivity index (χ3v) is 9.15. The minimum absolute atomic E-state index is 0.0598. The van der Waals surface area contributed by atoms with Crippen LogP contribution in [0.25, 0.3) is 16.6 Å². The second kappa shape index (κ2) is 8.27. The van der Waals surface area contributed by atoms with E-state index >= 15 is 0 Å². The fourth-order valence-electron chi connectivity index (χ4n) is 7.45. The number of benzene rings is 2. The van der Waals surface area contributed by atoms with Crippen molar-refractivity contribution in [3.63, 3.8) is 0 Å². The van der Waals surface area contributed by atoms with Crippen LogP contribution in [-0.4, -0.2) is 37.1 Å². The molecule has 0 atom stereocenters. The van der Waals surface area contributed by atoms with E-state index in [4.69, 9.17) is 9.47 Å². The van der Waals surface area contributed by atoms with Crippen molar-refractivity contribution in [3.05, 3.63) is 64.6 Å². The van der Waals surface area contributed by atoms with Gasteiger partial charge in [-0.3, -0.25) is 9.79 Å². The lowest BCUT2D eigenvalue weighted by Gasteiger charge is -2.57. The van der Waals surface area contributed by atoms with Gasteiger partial charge >= 0.3 is 5.97 Å². The highest BCUT2D eigenvalue weighted by atomic mass is 19.1. The van der Waals surface area contributed by atoms with Gasteiger partial charge in [-0.25, -0.2) is 4.39 Å². The standard InChI is InChI=1S/C30H31FN2O3/c1-35-29(34)22-14-30(15-22)12-21(13-30)27-25-10-19-16-32-17-20(19)11-26(25)33(24-4-2-23(31)3-5-24)28(27)18-6-8-36-9-7-18/h2-5,10-11,17-18,21-22H,6-9,12-16H2,1H3. The van der Waals surface area contributed by atoms with Crippen molar-refractivity contribution >= 4 is 23.1 Å². The molecule has 2 aromatic carbocycles. The first-order chi connectivity index (χ1) is 17.5. The van der Waals surface area contributed by atoms with Gasteiger partial charge in [0.15, 0.2) is 0 Å². The summed E-state index contributed by atoms with van der Waals surface area (Å²) in [6.45, 7) is 2.27. The third-order valence-electron chi connectivity index (χ3n) is 9.15. The lowest BCUT2D eigenvalue weighted by molar-refractivity contribution is -0.159. The Morgan fingerprint density at radius 3 is 2.56 bits per heavy atom. The summed E-state index contributed by atoms with van der Waals surface area (Å²) in [7, 11) is 1.49. The van der Waals surface area contributed by atoms with Gasteiger partial charge in [0.05, 0.1) is 25.1 Å². The number of rotatable bonds is 4. The van der Waals surface area contributed by atoms with Crippen LogP contribution < -0.4 is 0 Å². The smallest absolute Gasteiger partial charge is 0.308 e. The number of hydrogen-bond donors (Lipinski definition) is 0. The molecule has 2 saturated carbocycles. The van der Waals surface area contributed by atoms with Crippen LogP contribution in [0.1, 0.15) is 72.7 Å². The zero-order valence-corrected chi connectivity index (χ0v) is 20.6. The SMILES string of the molecule is COC(=O)C1CC2(C1)CC(c1c(C3CCOCC3)n(-c3ccc(F)cc3)c3cc4c(cc13)CN=C4)C2. The molecule has 2 aliphatic heterocycles. The molecule has 6 heteroatoms. The Morgan fingerprint density at radius 2 is 1.83 bits per heavy atom. The van der Waals surface area contributed by atoms with E-state index < -0.39 is 0 Å².